The Morgan fingerprint density at radius 3 is 2.85 bits per heavy atom. The molecule has 1 unspecified atom stereocenters. The highest BCUT2D eigenvalue weighted by Gasteiger charge is 2.17. The zero-order valence-electron chi connectivity index (χ0n) is 17.4. The quantitative estimate of drug-likeness (QED) is 0.260. The highest BCUT2D eigenvalue weighted by atomic mass is 35.5. The third kappa shape index (κ3) is 4.09. The number of fused-ring (bicyclic) bond motifs is 1. The van der Waals surface area contributed by atoms with Crippen LogP contribution in [0.25, 0.3) is 33.8 Å². The number of benzene rings is 2. The van der Waals surface area contributed by atoms with E-state index in [0.717, 1.165) is 22.2 Å². The van der Waals surface area contributed by atoms with E-state index >= 15 is 0 Å². The zero-order chi connectivity index (χ0) is 22.9. The monoisotopic (exact) mass is 462 g/mol. The van der Waals surface area contributed by atoms with Crippen molar-refractivity contribution in [1.82, 2.24) is 35.6 Å². The van der Waals surface area contributed by atoms with Gasteiger partial charge in [-0.25, -0.2) is 10.1 Å². The lowest BCUT2D eigenvalue weighted by molar-refractivity contribution is 0.191. The topological polar surface area (TPSA) is 148 Å². The van der Waals surface area contributed by atoms with E-state index in [1.165, 1.54) is 0 Å². The van der Waals surface area contributed by atoms with Gasteiger partial charge in [-0.3, -0.25) is 4.79 Å². The smallest absolute Gasteiger partial charge is 0.261 e. The molecule has 5 N–H and O–H groups in total. The Morgan fingerprint density at radius 1 is 1.18 bits per heavy atom. The Bertz CT molecular complexity index is 1490. The molecule has 0 aliphatic heterocycles. The second-order valence-corrected chi connectivity index (χ2v) is 8.01. The van der Waals surface area contributed by atoms with Crippen LogP contribution in [-0.2, 0) is 0 Å². The lowest BCUT2D eigenvalue weighted by Gasteiger charge is -2.15. The fourth-order valence-electron chi connectivity index (χ4n) is 3.73. The number of imidazole rings is 1. The van der Waals surface area contributed by atoms with Crippen LogP contribution in [0.15, 0.2) is 53.5 Å². The van der Waals surface area contributed by atoms with Crippen molar-refractivity contribution in [3.8, 4) is 22.8 Å². The van der Waals surface area contributed by atoms with Crippen LogP contribution in [0, 0.1) is 6.92 Å². The Labute approximate surface area is 192 Å². The van der Waals surface area contributed by atoms with Crippen molar-refractivity contribution in [1.29, 1.82) is 0 Å². The summed E-state index contributed by atoms with van der Waals surface area (Å²) in [5.74, 6) is 0.939. The number of aromatic amines is 3. The number of nitrogens with zero attached hydrogens (tertiary/aromatic N) is 4. The van der Waals surface area contributed by atoms with E-state index in [-0.39, 0.29) is 12.1 Å². The molecule has 0 radical (unpaired) electrons. The first-order valence-electron chi connectivity index (χ1n) is 10.1. The average molecular weight is 463 g/mol. The number of tetrazole rings is 1. The normalized spacial score (nSPS) is 12.2. The van der Waals surface area contributed by atoms with Crippen LogP contribution in [0.2, 0.25) is 5.02 Å². The first-order valence-corrected chi connectivity index (χ1v) is 10.5. The van der Waals surface area contributed by atoms with Gasteiger partial charge in [-0.2, -0.15) is 0 Å². The number of anilines is 1. The molecular formula is C22H19ClN8O2. The zero-order valence-corrected chi connectivity index (χ0v) is 18.2. The lowest BCUT2D eigenvalue weighted by Crippen LogP contribution is -2.17. The highest BCUT2D eigenvalue weighted by molar-refractivity contribution is 6.30. The van der Waals surface area contributed by atoms with Crippen molar-refractivity contribution < 1.29 is 5.11 Å². The van der Waals surface area contributed by atoms with Crippen molar-refractivity contribution in [2.75, 3.05) is 11.9 Å². The molecule has 1 atom stereocenters. The number of hydrogen-bond donors (Lipinski definition) is 5. The summed E-state index contributed by atoms with van der Waals surface area (Å²) in [6.07, 6.45) is 0.731. The molecule has 0 aliphatic carbocycles. The Kier molecular flexibility index (Phi) is 5.37. The molecule has 0 bridgehead atoms. The van der Waals surface area contributed by atoms with E-state index in [4.69, 9.17) is 11.6 Å². The first kappa shape index (κ1) is 20.9. The van der Waals surface area contributed by atoms with Crippen molar-refractivity contribution in [2.24, 2.45) is 0 Å². The maximum Gasteiger partial charge on any atom is 0.261 e. The van der Waals surface area contributed by atoms with Gasteiger partial charge in [0.05, 0.1) is 22.8 Å². The predicted molar refractivity (Wildman–Crippen MR) is 125 cm³/mol. The Balaban J connectivity index is 1.49. The molecule has 0 saturated heterocycles. The molecule has 0 amide bonds. The minimum absolute atomic E-state index is 0.179. The molecule has 2 aromatic carbocycles. The minimum Gasteiger partial charge on any atom is -0.387 e. The molecular weight excluding hydrogens is 444 g/mol. The van der Waals surface area contributed by atoms with Gasteiger partial charge in [0.2, 0.25) is 0 Å². The maximum absolute atomic E-state index is 12.7. The molecule has 10 nitrogen and oxygen atoms in total. The number of aromatic nitrogens is 7. The summed E-state index contributed by atoms with van der Waals surface area (Å²) in [6.45, 7) is 2.11. The average Bonchev–Trinajstić information content (AvgIpc) is 3.48. The van der Waals surface area contributed by atoms with E-state index in [1.807, 2.05) is 19.1 Å². The third-order valence-corrected chi connectivity index (χ3v) is 5.55. The number of H-pyrrole nitrogens is 3. The molecule has 5 rings (SSSR count). The number of halogens is 1. The van der Waals surface area contributed by atoms with Crippen LogP contribution < -0.4 is 10.9 Å². The number of pyridine rings is 1. The van der Waals surface area contributed by atoms with Gasteiger partial charge in [0.25, 0.3) is 5.56 Å². The summed E-state index contributed by atoms with van der Waals surface area (Å²) in [6, 6.07) is 12.5. The van der Waals surface area contributed by atoms with E-state index in [1.54, 1.807) is 36.5 Å². The molecule has 33 heavy (non-hydrogen) atoms. The van der Waals surface area contributed by atoms with Crippen LogP contribution >= 0.6 is 11.6 Å². The minimum atomic E-state index is -0.813. The number of nitrogens with one attached hydrogen (secondary N) is 4. The van der Waals surface area contributed by atoms with Crippen molar-refractivity contribution in [3.63, 3.8) is 0 Å². The van der Waals surface area contributed by atoms with Crippen LogP contribution in [-0.4, -0.2) is 47.2 Å². The fourth-order valence-corrected chi connectivity index (χ4v) is 3.93. The number of rotatable bonds is 6. The van der Waals surface area contributed by atoms with Gasteiger partial charge in [0.1, 0.15) is 11.4 Å². The second-order valence-electron chi connectivity index (χ2n) is 7.57. The Morgan fingerprint density at radius 2 is 2.06 bits per heavy atom. The van der Waals surface area contributed by atoms with Crippen LogP contribution in [0.1, 0.15) is 17.2 Å². The van der Waals surface area contributed by atoms with Gasteiger partial charge in [-0.15, -0.1) is 5.10 Å². The van der Waals surface area contributed by atoms with Crippen molar-refractivity contribution >= 4 is 28.3 Å². The molecule has 0 fully saturated rings. The number of hydrogen-bond acceptors (Lipinski definition) is 7. The van der Waals surface area contributed by atoms with Crippen LogP contribution in [0.3, 0.4) is 0 Å². The SMILES string of the molecule is Cc1cc(-c2nnn[nH]2)cc2[nH]c(-c3c(NCC(O)c4cccc(Cl)c4)cc[nH]c3=O)nc12. The summed E-state index contributed by atoms with van der Waals surface area (Å²) in [5, 5.41) is 28.2. The van der Waals surface area contributed by atoms with E-state index < -0.39 is 6.10 Å². The Hall–Kier alpha value is -4.02. The maximum atomic E-state index is 12.7. The highest BCUT2D eigenvalue weighted by Crippen LogP contribution is 2.29. The summed E-state index contributed by atoms with van der Waals surface area (Å²) in [4.78, 5) is 23.3. The van der Waals surface area contributed by atoms with Crippen molar-refractivity contribution in [3.05, 3.63) is 75.2 Å². The van der Waals surface area contributed by atoms with E-state index in [9.17, 15) is 9.90 Å². The first-order chi connectivity index (χ1) is 16.0. The number of aliphatic hydroxyl groups excluding tert-OH is 1. The molecule has 166 valence electrons. The fraction of sp³-hybridized carbons (Fsp3) is 0.136. The third-order valence-electron chi connectivity index (χ3n) is 5.31. The van der Waals surface area contributed by atoms with Crippen LogP contribution in [0.4, 0.5) is 5.69 Å². The molecule has 11 heteroatoms. The molecule has 0 spiro atoms. The largest absolute Gasteiger partial charge is 0.387 e. The van der Waals surface area contributed by atoms with Crippen LogP contribution in [0.5, 0.6) is 0 Å². The van der Waals surface area contributed by atoms with Gasteiger partial charge in [0.15, 0.2) is 5.82 Å². The van der Waals surface area contributed by atoms with Gasteiger partial charge >= 0.3 is 0 Å². The van der Waals surface area contributed by atoms with E-state index in [0.29, 0.717) is 33.5 Å². The summed E-state index contributed by atoms with van der Waals surface area (Å²) in [7, 11) is 0. The molecule has 3 heterocycles. The van der Waals surface area contributed by atoms with Gasteiger partial charge < -0.3 is 20.4 Å². The molecule has 0 aliphatic rings. The standard InChI is InChI=1S/C22H19ClN8O2/c1-11-7-13(20-28-30-31-29-20)9-16-19(11)27-21(26-16)18-15(5-6-24-22(18)33)25-10-17(32)12-3-2-4-14(23)8-12/h2-9,17,32H,10H2,1H3,(H,26,27)(H2,24,25,33)(H,28,29,30,31). The van der Waals surface area contributed by atoms with Crippen molar-refractivity contribution in [2.45, 2.75) is 13.0 Å². The molecule has 0 saturated carbocycles. The van der Waals surface area contributed by atoms with Gasteiger partial charge in [-0.1, -0.05) is 23.7 Å². The lowest BCUT2D eigenvalue weighted by atomic mass is 10.1. The van der Waals surface area contributed by atoms with Gasteiger partial charge in [-0.05, 0) is 58.8 Å². The molecule has 3 aromatic heterocycles. The summed E-state index contributed by atoms with van der Waals surface area (Å²) >= 11 is 6.03. The summed E-state index contributed by atoms with van der Waals surface area (Å²) in [5.41, 5.74) is 4.41. The van der Waals surface area contributed by atoms with E-state index in [2.05, 4.69) is 40.9 Å². The number of aryl methyl sites for hydroxylation is 1. The predicted octanol–water partition coefficient (Wildman–Crippen LogP) is 3.21. The van der Waals surface area contributed by atoms with Gasteiger partial charge in [0, 0.05) is 23.3 Å². The summed E-state index contributed by atoms with van der Waals surface area (Å²) < 4.78 is 0. The molecule has 5 aromatic rings. The number of aliphatic hydroxyl groups is 1. The second kappa shape index (κ2) is 8.49.